The van der Waals surface area contributed by atoms with Crippen molar-refractivity contribution >= 4 is 16.0 Å². The summed E-state index contributed by atoms with van der Waals surface area (Å²) in [6.07, 6.45) is 0. The molecule has 0 atom stereocenters. The topological polar surface area (TPSA) is 72.5 Å². The minimum Gasteiger partial charge on any atom is -0.460 e. The van der Waals surface area contributed by atoms with Gasteiger partial charge in [0.2, 0.25) is 10.0 Å². The van der Waals surface area contributed by atoms with E-state index in [2.05, 4.69) is 4.72 Å². The SMILES string of the molecule is CCS(=O)(=O)NCC(=O)OCc1ccccc1. The molecule has 0 aliphatic carbocycles. The third kappa shape index (κ3) is 5.46. The summed E-state index contributed by atoms with van der Waals surface area (Å²) in [6, 6.07) is 9.18. The lowest BCUT2D eigenvalue weighted by Crippen LogP contribution is -2.31. The van der Waals surface area contributed by atoms with Gasteiger partial charge in [0.25, 0.3) is 0 Å². The first-order valence-corrected chi connectivity index (χ1v) is 6.85. The number of sulfonamides is 1. The van der Waals surface area contributed by atoms with Gasteiger partial charge in [-0.1, -0.05) is 30.3 Å². The lowest BCUT2D eigenvalue weighted by Gasteiger charge is -2.06. The van der Waals surface area contributed by atoms with Crippen LogP contribution in [0.5, 0.6) is 0 Å². The first kappa shape index (κ1) is 13.7. The number of hydrogen-bond acceptors (Lipinski definition) is 4. The fourth-order valence-electron chi connectivity index (χ4n) is 1.06. The maximum atomic E-state index is 11.2. The van der Waals surface area contributed by atoms with Crippen molar-refractivity contribution in [3.05, 3.63) is 35.9 Å². The van der Waals surface area contributed by atoms with Crippen molar-refractivity contribution in [1.29, 1.82) is 0 Å². The van der Waals surface area contributed by atoms with Crippen LogP contribution in [-0.2, 0) is 26.2 Å². The van der Waals surface area contributed by atoms with Crippen LogP contribution in [0.15, 0.2) is 30.3 Å². The summed E-state index contributed by atoms with van der Waals surface area (Å²) < 4.78 is 29.2. The van der Waals surface area contributed by atoms with Crippen LogP contribution in [0.1, 0.15) is 12.5 Å². The first-order valence-electron chi connectivity index (χ1n) is 5.20. The molecule has 0 heterocycles. The Morgan fingerprint density at radius 1 is 1.29 bits per heavy atom. The largest absolute Gasteiger partial charge is 0.460 e. The summed E-state index contributed by atoms with van der Waals surface area (Å²) in [6.45, 7) is 1.31. The Kier molecular flexibility index (Phi) is 5.11. The van der Waals surface area contributed by atoms with Gasteiger partial charge < -0.3 is 4.74 Å². The number of nitrogens with one attached hydrogen (secondary N) is 1. The van der Waals surface area contributed by atoms with Crippen LogP contribution in [0, 0.1) is 0 Å². The minimum atomic E-state index is -3.35. The van der Waals surface area contributed by atoms with Crippen molar-refractivity contribution in [3.63, 3.8) is 0 Å². The number of benzene rings is 1. The number of rotatable bonds is 6. The number of esters is 1. The lowest BCUT2D eigenvalue weighted by atomic mass is 10.2. The molecular weight excluding hydrogens is 242 g/mol. The molecule has 0 aromatic heterocycles. The second-order valence-corrected chi connectivity index (χ2v) is 5.47. The standard InChI is InChI=1S/C11H15NO4S/c1-2-17(14,15)12-8-11(13)16-9-10-6-4-3-5-7-10/h3-7,12H,2,8-9H2,1H3. The molecule has 0 amide bonds. The zero-order valence-electron chi connectivity index (χ0n) is 9.55. The van der Waals surface area contributed by atoms with Crippen molar-refractivity contribution in [1.82, 2.24) is 4.72 Å². The molecule has 5 nitrogen and oxygen atoms in total. The molecule has 0 aliphatic heterocycles. The van der Waals surface area contributed by atoms with E-state index in [9.17, 15) is 13.2 Å². The van der Waals surface area contributed by atoms with Crippen molar-refractivity contribution in [2.75, 3.05) is 12.3 Å². The minimum absolute atomic E-state index is 0.0566. The molecule has 0 spiro atoms. The number of hydrogen-bond donors (Lipinski definition) is 1. The van der Waals surface area contributed by atoms with Gasteiger partial charge in [0.1, 0.15) is 13.2 Å². The van der Waals surface area contributed by atoms with Gasteiger partial charge in [-0.15, -0.1) is 0 Å². The molecule has 0 bridgehead atoms. The predicted molar refractivity (Wildman–Crippen MR) is 63.7 cm³/mol. The van der Waals surface area contributed by atoms with E-state index in [0.29, 0.717) is 0 Å². The maximum Gasteiger partial charge on any atom is 0.321 e. The van der Waals surface area contributed by atoms with Gasteiger partial charge in [0, 0.05) is 0 Å². The Morgan fingerprint density at radius 2 is 1.94 bits per heavy atom. The molecule has 0 saturated heterocycles. The lowest BCUT2D eigenvalue weighted by molar-refractivity contribution is -0.143. The molecule has 1 rings (SSSR count). The molecular formula is C11H15NO4S. The van der Waals surface area contributed by atoms with E-state index in [1.165, 1.54) is 6.92 Å². The summed E-state index contributed by atoms with van der Waals surface area (Å²) in [7, 11) is -3.35. The van der Waals surface area contributed by atoms with E-state index >= 15 is 0 Å². The van der Waals surface area contributed by atoms with Crippen LogP contribution in [0.2, 0.25) is 0 Å². The molecule has 1 aromatic rings. The van der Waals surface area contributed by atoms with Crippen LogP contribution in [0.4, 0.5) is 0 Å². The number of carbonyl (C=O) groups excluding carboxylic acids is 1. The van der Waals surface area contributed by atoms with E-state index < -0.39 is 16.0 Å². The Bertz CT molecular complexity index is 456. The fraction of sp³-hybridized carbons (Fsp3) is 0.364. The van der Waals surface area contributed by atoms with Crippen LogP contribution >= 0.6 is 0 Å². The highest BCUT2D eigenvalue weighted by molar-refractivity contribution is 7.89. The van der Waals surface area contributed by atoms with Crippen molar-refractivity contribution < 1.29 is 17.9 Å². The van der Waals surface area contributed by atoms with Gasteiger partial charge in [-0.05, 0) is 12.5 Å². The molecule has 0 aliphatic rings. The highest BCUT2D eigenvalue weighted by Crippen LogP contribution is 2.00. The van der Waals surface area contributed by atoms with Crippen LogP contribution < -0.4 is 4.72 Å². The predicted octanol–water partition coefficient (Wildman–Crippen LogP) is 0.669. The van der Waals surface area contributed by atoms with Crippen molar-refractivity contribution in [3.8, 4) is 0 Å². The fourth-order valence-corrected chi connectivity index (χ4v) is 1.60. The average molecular weight is 257 g/mol. The molecule has 0 unspecified atom stereocenters. The number of carbonyl (C=O) groups is 1. The van der Waals surface area contributed by atoms with Crippen LogP contribution in [0.25, 0.3) is 0 Å². The third-order valence-corrected chi connectivity index (χ3v) is 3.40. The number of ether oxygens (including phenoxy) is 1. The quantitative estimate of drug-likeness (QED) is 0.760. The molecule has 0 radical (unpaired) electrons. The monoisotopic (exact) mass is 257 g/mol. The zero-order valence-corrected chi connectivity index (χ0v) is 10.4. The molecule has 0 fully saturated rings. The van der Waals surface area contributed by atoms with Crippen LogP contribution in [0.3, 0.4) is 0 Å². The summed E-state index contributed by atoms with van der Waals surface area (Å²) >= 11 is 0. The smallest absolute Gasteiger partial charge is 0.321 e. The van der Waals surface area contributed by atoms with Gasteiger partial charge in [-0.25, -0.2) is 13.1 Å². The van der Waals surface area contributed by atoms with E-state index in [4.69, 9.17) is 4.74 Å². The molecule has 6 heteroatoms. The van der Waals surface area contributed by atoms with Gasteiger partial charge in [0.05, 0.1) is 5.75 Å². The van der Waals surface area contributed by atoms with Crippen LogP contribution in [-0.4, -0.2) is 26.7 Å². The molecule has 0 saturated carbocycles. The Balaban J connectivity index is 2.32. The highest BCUT2D eigenvalue weighted by Gasteiger charge is 2.10. The molecule has 1 N–H and O–H groups in total. The zero-order chi connectivity index (χ0) is 12.7. The second-order valence-electron chi connectivity index (χ2n) is 3.37. The van der Waals surface area contributed by atoms with E-state index in [-0.39, 0.29) is 18.9 Å². The van der Waals surface area contributed by atoms with Gasteiger partial charge in [-0.3, -0.25) is 4.79 Å². The maximum absolute atomic E-state index is 11.2. The normalized spacial score (nSPS) is 11.1. The van der Waals surface area contributed by atoms with E-state index in [0.717, 1.165) is 5.56 Å². The first-order chi connectivity index (χ1) is 8.03. The second kappa shape index (κ2) is 6.36. The van der Waals surface area contributed by atoms with Gasteiger partial charge >= 0.3 is 5.97 Å². The molecule has 17 heavy (non-hydrogen) atoms. The van der Waals surface area contributed by atoms with Gasteiger partial charge in [0.15, 0.2) is 0 Å². The summed E-state index contributed by atoms with van der Waals surface area (Å²) in [5.74, 6) is -0.648. The van der Waals surface area contributed by atoms with Crippen molar-refractivity contribution in [2.24, 2.45) is 0 Å². The van der Waals surface area contributed by atoms with E-state index in [1.54, 1.807) is 0 Å². The summed E-state index contributed by atoms with van der Waals surface area (Å²) in [4.78, 5) is 11.2. The third-order valence-electron chi connectivity index (χ3n) is 2.06. The Labute approximate surface area is 101 Å². The summed E-state index contributed by atoms with van der Waals surface area (Å²) in [5, 5.41) is 0. The summed E-state index contributed by atoms with van der Waals surface area (Å²) in [5.41, 5.74) is 0.860. The Morgan fingerprint density at radius 3 is 2.53 bits per heavy atom. The highest BCUT2D eigenvalue weighted by atomic mass is 32.2. The Hall–Kier alpha value is -1.40. The molecule has 94 valence electrons. The van der Waals surface area contributed by atoms with Crippen molar-refractivity contribution in [2.45, 2.75) is 13.5 Å². The average Bonchev–Trinajstić information content (AvgIpc) is 2.35. The van der Waals surface area contributed by atoms with E-state index in [1.807, 2.05) is 30.3 Å². The molecule has 1 aromatic carbocycles. The van der Waals surface area contributed by atoms with Gasteiger partial charge in [-0.2, -0.15) is 0 Å².